The average Bonchev–Trinajstić information content (AvgIpc) is 2.41. The minimum absolute atomic E-state index is 0.266. The van der Waals surface area contributed by atoms with Crippen LogP contribution in [-0.2, 0) is 13.2 Å². The van der Waals surface area contributed by atoms with Crippen LogP contribution in [0.15, 0.2) is 42.5 Å². The molecular formula is C14H14O4. The van der Waals surface area contributed by atoms with E-state index in [1.54, 1.807) is 0 Å². The number of rotatable bonds is 4. The Morgan fingerprint density at radius 1 is 0.944 bits per heavy atom. The number of benzene rings is 2. The minimum atomic E-state index is -0.272. The quantitative estimate of drug-likeness (QED) is 0.723. The number of hydrogen-bond acceptors (Lipinski definition) is 4. The molecule has 0 radical (unpaired) electrons. The predicted molar refractivity (Wildman–Crippen MR) is 66.5 cm³/mol. The third-order valence-electron chi connectivity index (χ3n) is 2.57. The highest BCUT2D eigenvalue weighted by molar-refractivity contribution is 5.48. The Kier molecular flexibility index (Phi) is 3.69. The maximum Gasteiger partial charge on any atom is 0.161 e. The summed E-state index contributed by atoms with van der Waals surface area (Å²) in [4.78, 5) is 0. The van der Waals surface area contributed by atoms with E-state index in [1.165, 1.54) is 12.1 Å². The van der Waals surface area contributed by atoms with Gasteiger partial charge in [0.1, 0.15) is 12.4 Å². The van der Waals surface area contributed by atoms with Crippen LogP contribution >= 0.6 is 0 Å². The van der Waals surface area contributed by atoms with Gasteiger partial charge in [-0.1, -0.05) is 30.3 Å². The van der Waals surface area contributed by atoms with E-state index in [4.69, 9.17) is 9.84 Å². The molecule has 4 heteroatoms. The number of phenols is 2. The van der Waals surface area contributed by atoms with Crippen molar-refractivity contribution in [2.75, 3.05) is 0 Å². The van der Waals surface area contributed by atoms with Crippen LogP contribution in [0.3, 0.4) is 0 Å². The molecule has 2 aromatic rings. The molecule has 94 valence electrons. The predicted octanol–water partition coefficient (Wildman–Crippen LogP) is 2.17. The van der Waals surface area contributed by atoms with Crippen LogP contribution in [-0.4, -0.2) is 15.3 Å². The summed E-state index contributed by atoms with van der Waals surface area (Å²) in [6.07, 6.45) is 0. The molecule has 0 unspecified atom stereocenters. The number of phenolic OH excluding ortho intramolecular Hbond substituents is 2. The normalized spacial score (nSPS) is 10.3. The van der Waals surface area contributed by atoms with Gasteiger partial charge in [-0.25, -0.2) is 0 Å². The van der Waals surface area contributed by atoms with Crippen molar-refractivity contribution >= 4 is 0 Å². The fraction of sp³-hybridized carbons (Fsp3) is 0.143. The van der Waals surface area contributed by atoms with Crippen molar-refractivity contribution in [2.45, 2.75) is 13.2 Å². The Labute approximate surface area is 105 Å². The molecule has 0 saturated heterocycles. The lowest BCUT2D eigenvalue weighted by Crippen LogP contribution is -1.98. The van der Waals surface area contributed by atoms with Gasteiger partial charge in [0.25, 0.3) is 0 Å². The van der Waals surface area contributed by atoms with Crippen LogP contribution in [0.5, 0.6) is 17.2 Å². The average molecular weight is 246 g/mol. The van der Waals surface area contributed by atoms with Gasteiger partial charge in [0, 0.05) is 11.6 Å². The van der Waals surface area contributed by atoms with Gasteiger partial charge in [-0.2, -0.15) is 0 Å². The lowest BCUT2D eigenvalue weighted by Gasteiger charge is -2.11. The summed E-state index contributed by atoms with van der Waals surface area (Å²) in [5, 5.41) is 27.9. The van der Waals surface area contributed by atoms with E-state index in [2.05, 4.69) is 0 Å². The Hall–Kier alpha value is -2.20. The molecule has 0 aliphatic rings. The fourth-order valence-corrected chi connectivity index (χ4v) is 1.59. The van der Waals surface area contributed by atoms with Gasteiger partial charge >= 0.3 is 0 Å². The first-order valence-electron chi connectivity index (χ1n) is 5.53. The second-order valence-corrected chi connectivity index (χ2v) is 3.88. The summed E-state index contributed by atoms with van der Waals surface area (Å²) in [6.45, 7) is 0.0655. The van der Waals surface area contributed by atoms with Gasteiger partial charge < -0.3 is 20.1 Å². The zero-order chi connectivity index (χ0) is 13.0. The zero-order valence-corrected chi connectivity index (χ0v) is 9.71. The number of aliphatic hydroxyl groups is 1. The van der Waals surface area contributed by atoms with Crippen molar-refractivity contribution in [2.24, 2.45) is 0 Å². The highest BCUT2D eigenvalue weighted by Gasteiger charge is 2.09. The molecule has 0 bridgehead atoms. The van der Waals surface area contributed by atoms with Crippen LogP contribution in [0.2, 0.25) is 0 Å². The molecule has 0 fully saturated rings. The third-order valence-corrected chi connectivity index (χ3v) is 2.57. The molecule has 2 aromatic carbocycles. The highest BCUT2D eigenvalue weighted by Crippen LogP contribution is 2.33. The summed E-state index contributed by atoms with van der Waals surface area (Å²) in [6, 6.07) is 12.1. The maximum atomic E-state index is 9.41. The van der Waals surface area contributed by atoms with Gasteiger partial charge in [-0.3, -0.25) is 0 Å². The summed E-state index contributed by atoms with van der Waals surface area (Å²) in [5.41, 5.74) is 1.41. The van der Waals surface area contributed by atoms with Crippen LogP contribution < -0.4 is 4.74 Å². The van der Waals surface area contributed by atoms with E-state index >= 15 is 0 Å². The molecule has 18 heavy (non-hydrogen) atoms. The van der Waals surface area contributed by atoms with Crippen LogP contribution in [0.1, 0.15) is 11.1 Å². The molecule has 0 aliphatic carbocycles. The van der Waals surface area contributed by atoms with E-state index in [0.29, 0.717) is 17.9 Å². The van der Waals surface area contributed by atoms with Gasteiger partial charge in [0.05, 0.1) is 6.61 Å². The van der Waals surface area contributed by atoms with Crippen molar-refractivity contribution in [3.05, 3.63) is 53.6 Å². The Morgan fingerprint density at radius 2 is 1.61 bits per heavy atom. The van der Waals surface area contributed by atoms with Crippen molar-refractivity contribution < 1.29 is 20.1 Å². The Morgan fingerprint density at radius 3 is 2.28 bits per heavy atom. The van der Waals surface area contributed by atoms with E-state index in [1.807, 2.05) is 30.3 Å². The molecule has 0 amide bonds. The van der Waals surface area contributed by atoms with Gasteiger partial charge in [-0.15, -0.1) is 0 Å². The molecule has 4 nitrogen and oxygen atoms in total. The highest BCUT2D eigenvalue weighted by atomic mass is 16.5. The van der Waals surface area contributed by atoms with E-state index in [-0.39, 0.29) is 18.1 Å². The third kappa shape index (κ3) is 2.73. The molecular weight excluding hydrogens is 232 g/mol. The van der Waals surface area contributed by atoms with E-state index in [0.717, 1.165) is 5.56 Å². The second kappa shape index (κ2) is 5.42. The molecule has 0 saturated carbocycles. The van der Waals surface area contributed by atoms with Crippen molar-refractivity contribution in [1.29, 1.82) is 0 Å². The van der Waals surface area contributed by atoms with Crippen LogP contribution in [0.4, 0.5) is 0 Å². The summed E-state index contributed by atoms with van der Waals surface area (Å²) in [7, 11) is 0. The molecule has 0 aromatic heterocycles. The summed E-state index contributed by atoms with van der Waals surface area (Å²) in [5.74, 6) is -0.182. The smallest absolute Gasteiger partial charge is 0.161 e. The van der Waals surface area contributed by atoms with Crippen LogP contribution in [0, 0.1) is 0 Å². The molecule has 3 N–H and O–H groups in total. The standard InChI is InChI=1S/C14H14O4/c15-8-11-6-12(16)13(17)7-14(11)18-9-10-4-2-1-3-5-10/h1-7,15-17H,8-9H2. The number of hydrogen-bond donors (Lipinski definition) is 3. The Balaban J connectivity index is 2.16. The first-order valence-corrected chi connectivity index (χ1v) is 5.53. The van der Waals surface area contributed by atoms with Crippen LogP contribution in [0.25, 0.3) is 0 Å². The topological polar surface area (TPSA) is 69.9 Å². The number of aliphatic hydroxyl groups excluding tert-OH is 1. The summed E-state index contributed by atoms with van der Waals surface area (Å²) >= 11 is 0. The summed E-state index contributed by atoms with van der Waals surface area (Å²) < 4.78 is 5.52. The first-order chi connectivity index (χ1) is 8.70. The first kappa shape index (κ1) is 12.3. The largest absolute Gasteiger partial charge is 0.504 e. The maximum absolute atomic E-state index is 9.41. The monoisotopic (exact) mass is 246 g/mol. The number of aromatic hydroxyl groups is 2. The fourth-order valence-electron chi connectivity index (χ4n) is 1.59. The van der Waals surface area contributed by atoms with Crippen molar-refractivity contribution in [1.82, 2.24) is 0 Å². The van der Waals surface area contributed by atoms with Gasteiger partial charge in [0.15, 0.2) is 11.5 Å². The molecule has 0 aliphatic heterocycles. The molecule has 0 spiro atoms. The number of ether oxygens (including phenoxy) is 1. The van der Waals surface area contributed by atoms with Gasteiger partial charge in [0.2, 0.25) is 0 Å². The van der Waals surface area contributed by atoms with E-state index < -0.39 is 0 Å². The van der Waals surface area contributed by atoms with Crippen molar-refractivity contribution in [3.8, 4) is 17.2 Å². The molecule has 0 heterocycles. The zero-order valence-electron chi connectivity index (χ0n) is 9.71. The Bertz CT molecular complexity index is 523. The van der Waals surface area contributed by atoms with Crippen molar-refractivity contribution in [3.63, 3.8) is 0 Å². The van der Waals surface area contributed by atoms with E-state index in [9.17, 15) is 10.2 Å². The van der Waals surface area contributed by atoms with Gasteiger partial charge in [-0.05, 0) is 11.6 Å². The lowest BCUT2D eigenvalue weighted by atomic mass is 10.2. The SMILES string of the molecule is OCc1cc(O)c(O)cc1OCc1ccccc1. The molecule has 2 rings (SSSR count). The lowest BCUT2D eigenvalue weighted by molar-refractivity contribution is 0.256. The minimum Gasteiger partial charge on any atom is -0.504 e. The molecule has 0 atom stereocenters. The second-order valence-electron chi connectivity index (χ2n) is 3.88.